The van der Waals surface area contributed by atoms with Gasteiger partial charge < -0.3 is 5.73 Å². The number of nitrogens with zero attached hydrogens (tertiary/aromatic N) is 4. The monoisotopic (exact) mass is 333 g/mol. The summed E-state index contributed by atoms with van der Waals surface area (Å²) in [7, 11) is 0. The lowest BCUT2D eigenvalue weighted by molar-refractivity contribution is 0.625. The lowest BCUT2D eigenvalue weighted by Gasteiger charge is -2.08. The minimum atomic E-state index is -0.338. The Morgan fingerprint density at radius 3 is 2.70 bits per heavy atom. The van der Waals surface area contributed by atoms with Crippen LogP contribution in [-0.4, -0.2) is 20.2 Å². The molecule has 0 radical (unpaired) electrons. The Kier molecular flexibility index (Phi) is 3.19. The van der Waals surface area contributed by atoms with Gasteiger partial charge in [0.1, 0.15) is 5.82 Å². The highest BCUT2D eigenvalue weighted by molar-refractivity contribution is 9.10. The summed E-state index contributed by atoms with van der Waals surface area (Å²) in [4.78, 5) is 0. The van der Waals surface area contributed by atoms with Gasteiger partial charge in [-0.25, -0.2) is 4.39 Å². The average Bonchev–Trinajstić information content (AvgIpc) is 2.88. The van der Waals surface area contributed by atoms with Gasteiger partial charge >= 0.3 is 0 Å². The molecule has 3 aromatic rings. The summed E-state index contributed by atoms with van der Waals surface area (Å²) in [6, 6.07) is 11.6. The van der Waals surface area contributed by atoms with Gasteiger partial charge in [0.15, 0.2) is 5.82 Å². The number of aromatic nitrogens is 4. The second-order valence-electron chi connectivity index (χ2n) is 4.10. The maximum absolute atomic E-state index is 13.2. The molecule has 0 unspecified atom stereocenters. The summed E-state index contributed by atoms with van der Waals surface area (Å²) in [5.74, 6) is 0.157. The van der Waals surface area contributed by atoms with Gasteiger partial charge in [-0.3, -0.25) is 0 Å². The van der Waals surface area contributed by atoms with Crippen LogP contribution in [0.25, 0.3) is 17.1 Å². The summed E-state index contributed by atoms with van der Waals surface area (Å²) in [6.07, 6.45) is 0. The fourth-order valence-corrected chi connectivity index (χ4v) is 2.39. The lowest BCUT2D eigenvalue weighted by Crippen LogP contribution is -2.02. The molecule has 0 saturated carbocycles. The molecule has 1 aromatic heterocycles. The topological polar surface area (TPSA) is 69.6 Å². The van der Waals surface area contributed by atoms with E-state index < -0.39 is 0 Å². The van der Waals surface area contributed by atoms with Crippen molar-refractivity contribution in [2.45, 2.75) is 0 Å². The van der Waals surface area contributed by atoms with E-state index in [1.807, 2.05) is 18.2 Å². The normalized spacial score (nSPS) is 10.7. The van der Waals surface area contributed by atoms with Crippen molar-refractivity contribution in [3.8, 4) is 17.1 Å². The number of anilines is 1. The van der Waals surface area contributed by atoms with Crippen LogP contribution in [0.3, 0.4) is 0 Å². The van der Waals surface area contributed by atoms with Crippen LogP contribution in [0.15, 0.2) is 46.9 Å². The Bertz CT molecular complexity index is 771. The first kappa shape index (κ1) is 12.7. The molecule has 0 aliphatic carbocycles. The van der Waals surface area contributed by atoms with Crippen molar-refractivity contribution in [1.29, 1.82) is 0 Å². The van der Waals surface area contributed by atoms with E-state index in [9.17, 15) is 4.39 Å². The molecule has 0 fully saturated rings. The molecule has 3 rings (SSSR count). The van der Waals surface area contributed by atoms with E-state index in [2.05, 4.69) is 31.5 Å². The second kappa shape index (κ2) is 5.01. The van der Waals surface area contributed by atoms with Gasteiger partial charge in [0.25, 0.3) is 0 Å². The molecule has 1 heterocycles. The quantitative estimate of drug-likeness (QED) is 0.732. The zero-order valence-corrected chi connectivity index (χ0v) is 11.7. The van der Waals surface area contributed by atoms with E-state index in [0.29, 0.717) is 27.2 Å². The SMILES string of the molecule is Nc1ccccc1-c1nnnn1-c1ccc(F)cc1Br. The zero-order chi connectivity index (χ0) is 14.1. The average molecular weight is 334 g/mol. The predicted molar refractivity (Wildman–Crippen MR) is 76.7 cm³/mol. The van der Waals surface area contributed by atoms with E-state index in [4.69, 9.17) is 5.73 Å². The Hall–Kier alpha value is -2.28. The number of rotatable bonds is 2. The summed E-state index contributed by atoms with van der Waals surface area (Å²) >= 11 is 3.31. The smallest absolute Gasteiger partial charge is 0.189 e. The molecule has 0 bridgehead atoms. The van der Waals surface area contributed by atoms with Gasteiger partial charge in [0.2, 0.25) is 0 Å². The van der Waals surface area contributed by atoms with Crippen LogP contribution >= 0.6 is 15.9 Å². The fourth-order valence-electron chi connectivity index (χ4n) is 1.87. The van der Waals surface area contributed by atoms with Gasteiger partial charge in [-0.05, 0) is 56.7 Å². The van der Waals surface area contributed by atoms with E-state index in [0.717, 1.165) is 0 Å². The second-order valence-corrected chi connectivity index (χ2v) is 4.95. The molecule has 0 saturated heterocycles. The van der Waals surface area contributed by atoms with Crippen molar-refractivity contribution in [3.63, 3.8) is 0 Å². The third-order valence-electron chi connectivity index (χ3n) is 2.81. The highest BCUT2D eigenvalue weighted by atomic mass is 79.9. The lowest BCUT2D eigenvalue weighted by atomic mass is 10.1. The molecular weight excluding hydrogens is 325 g/mol. The number of benzene rings is 2. The number of nitrogen functional groups attached to an aromatic ring is 1. The van der Waals surface area contributed by atoms with E-state index in [1.165, 1.54) is 16.8 Å². The van der Waals surface area contributed by atoms with E-state index >= 15 is 0 Å². The molecule has 100 valence electrons. The van der Waals surface area contributed by atoms with Gasteiger partial charge in [-0.1, -0.05) is 12.1 Å². The van der Waals surface area contributed by atoms with Gasteiger partial charge in [-0.15, -0.1) is 5.10 Å². The van der Waals surface area contributed by atoms with E-state index in [1.54, 1.807) is 12.1 Å². The van der Waals surface area contributed by atoms with Crippen molar-refractivity contribution in [3.05, 3.63) is 52.8 Å². The molecule has 0 aliphatic rings. The number of hydrogen-bond donors (Lipinski definition) is 1. The van der Waals surface area contributed by atoms with Gasteiger partial charge in [0, 0.05) is 15.7 Å². The highest BCUT2D eigenvalue weighted by Gasteiger charge is 2.15. The molecule has 5 nitrogen and oxygen atoms in total. The van der Waals surface area contributed by atoms with Crippen molar-refractivity contribution in [2.75, 3.05) is 5.73 Å². The minimum absolute atomic E-state index is 0.338. The third-order valence-corrected chi connectivity index (χ3v) is 3.44. The summed E-state index contributed by atoms with van der Waals surface area (Å²) in [5.41, 5.74) is 7.86. The highest BCUT2D eigenvalue weighted by Crippen LogP contribution is 2.28. The van der Waals surface area contributed by atoms with Crippen LogP contribution in [0, 0.1) is 5.82 Å². The molecule has 0 amide bonds. The maximum atomic E-state index is 13.2. The number of halogens is 2. The summed E-state index contributed by atoms with van der Waals surface area (Å²) in [6.45, 7) is 0. The maximum Gasteiger partial charge on any atom is 0.189 e. The first-order valence-corrected chi connectivity index (χ1v) is 6.55. The van der Waals surface area contributed by atoms with Crippen LogP contribution < -0.4 is 5.73 Å². The third kappa shape index (κ3) is 2.16. The molecule has 0 spiro atoms. The van der Waals surface area contributed by atoms with Crippen molar-refractivity contribution in [2.24, 2.45) is 0 Å². The van der Waals surface area contributed by atoms with Crippen LogP contribution in [0.4, 0.5) is 10.1 Å². The van der Waals surface area contributed by atoms with Crippen molar-refractivity contribution in [1.82, 2.24) is 20.2 Å². The molecule has 20 heavy (non-hydrogen) atoms. The Balaban J connectivity index is 2.18. The summed E-state index contributed by atoms with van der Waals surface area (Å²) in [5, 5.41) is 11.6. The predicted octanol–water partition coefficient (Wildman–Crippen LogP) is 2.81. The standard InChI is InChI=1S/C13H9BrFN5/c14-10-7-8(15)5-6-12(10)20-13(17-18-19-20)9-3-1-2-4-11(9)16/h1-7H,16H2. The Morgan fingerprint density at radius 1 is 1.15 bits per heavy atom. The molecule has 2 aromatic carbocycles. The zero-order valence-electron chi connectivity index (χ0n) is 10.2. The van der Waals surface area contributed by atoms with Crippen LogP contribution in [0.2, 0.25) is 0 Å². The fraction of sp³-hybridized carbons (Fsp3) is 0. The van der Waals surface area contributed by atoms with Crippen molar-refractivity contribution < 1.29 is 4.39 Å². The van der Waals surface area contributed by atoms with Crippen LogP contribution in [0.1, 0.15) is 0 Å². The largest absolute Gasteiger partial charge is 0.398 e. The number of para-hydroxylation sites is 1. The van der Waals surface area contributed by atoms with Crippen LogP contribution in [-0.2, 0) is 0 Å². The molecule has 7 heteroatoms. The number of nitrogens with two attached hydrogens (primary N) is 1. The van der Waals surface area contributed by atoms with E-state index in [-0.39, 0.29) is 5.82 Å². The Morgan fingerprint density at radius 2 is 1.95 bits per heavy atom. The van der Waals surface area contributed by atoms with Crippen LogP contribution in [0.5, 0.6) is 0 Å². The molecule has 0 aliphatic heterocycles. The molecule has 0 atom stereocenters. The number of hydrogen-bond acceptors (Lipinski definition) is 4. The first-order chi connectivity index (χ1) is 9.66. The Labute approximate surface area is 122 Å². The number of tetrazole rings is 1. The first-order valence-electron chi connectivity index (χ1n) is 5.75. The van der Waals surface area contributed by atoms with Crippen molar-refractivity contribution >= 4 is 21.6 Å². The van der Waals surface area contributed by atoms with Gasteiger partial charge in [-0.2, -0.15) is 4.68 Å². The minimum Gasteiger partial charge on any atom is -0.398 e. The van der Waals surface area contributed by atoms with Gasteiger partial charge in [0.05, 0.1) is 5.69 Å². The molecular formula is C13H9BrFN5. The summed E-state index contributed by atoms with van der Waals surface area (Å²) < 4.78 is 15.2. The molecule has 2 N–H and O–H groups in total.